The molecule has 3 heterocycles. The lowest BCUT2D eigenvalue weighted by Crippen LogP contribution is -2.64. The van der Waals surface area contributed by atoms with Crippen LogP contribution in [0.1, 0.15) is 16.1 Å². The van der Waals surface area contributed by atoms with E-state index in [1.165, 1.54) is 17.7 Å². The molecule has 1 N–H and O–H groups in total. The van der Waals surface area contributed by atoms with Crippen molar-refractivity contribution < 1.29 is 14.0 Å². The molecule has 2 amide bonds. The van der Waals surface area contributed by atoms with E-state index in [1.807, 2.05) is 18.2 Å². The highest BCUT2D eigenvalue weighted by molar-refractivity contribution is 5.93. The van der Waals surface area contributed by atoms with Crippen LogP contribution in [-0.4, -0.2) is 59.8 Å². The van der Waals surface area contributed by atoms with Crippen LogP contribution in [0.15, 0.2) is 48.7 Å². The summed E-state index contributed by atoms with van der Waals surface area (Å²) in [7, 11) is 1.65. The standard InChI is InChI=1S/C21H23FN4O2/c1-23-19(27)17-11-25(10-15-5-3-2-4-6-15)12-21(17)13-26(14-21)20(28)18-8-7-16(22)9-24-18/h2-9,17H,10-14H2,1H3,(H,23,27). The van der Waals surface area contributed by atoms with Crippen molar-refractivity contribution in [3.63, 3.8) is 0 Å². The maximum atomic E-state index is 13.1. The molecule has 2 aliphatic heterocycles. The van der Waals surface area contributed by atoms with Gasteiger partial charge in [0, 0.05) is 45.2 Å². The Bertz CT molecular complexity index is 866. The number of pyridine rings is 1. The molecule has 1 unspecified atom stereocenters. The number of halogens is 1. The highest BCUT2D eigenvalue weighted by Gasteiger charge is 2.57. The first-order valence-electron chi connectivity index (χ1n) is 9.39. The van der Waals surface area contributed by atoms with Crippen LogP contribution in [-0.2, 0) is 11.3 Å². The first-order valence-corrected chi connectivity index (χ1v) is 9.39. The van der Waals surface area contributed by atoms with Crippen molar-refractivity contribution in [2.75, 3.05) is 33.2 Å². The second-order valence-corrected chi connectivity index (χ2v) is 7.71. The van der Waals surface area contributed by atoms with E-state index in [1.54, 1.807) is 11.9 Å². The first-order chi connectivity index (χ1) is 13.5. The molecular weight excluding hydrogens is 359 g/mol. The maximum Gasteiger partial charge on any atom is 0.272 e. The fourth-order valence-electron chi connectivity index (χ4n) is 4.41. The summed E-state index contributed by atoms with van der Waals surface area (Å²) in [5.41, 5.74) is 1.19. The number of carbonyl (C=O) groups excluding carboxylic acids is 2. The SMILES string of the molecule is CNC(=O)C1CN(Cc2ccccc2)CC12CN(C(=O)c1ccc(F)cn1)C2. The predicted octanol–water partition coefficient (Wildman–Crippen LogP) is 1.54. The summed E-state index contributed by atoms with van der Waals surface area (Å²) in [6.45, 7) is 3.23. The van der Waals surface area contributed by atoms with E-state index in [9.17, 15) is 14.0 Å². The number of hydrogen-bond donors (Lipinski definition) is 1. The maximum absolute atomic E-state index is 13.1. The Morgan fingerprint density at radius 1 is 1.18 bits per heavy atom. The molecule has 0 bridgehead atoms. The number of nitrogens with zero attached hydrogens (tertiary/aromatic N) is 3. The quantitative estimate of drug-likeness (QED) is 0.871. The molecule has 0 saturated carbocycles. The van der Waals surface area contributed by atoms with Crippen molar-refractivity contribution in [2.45, 2.75) is 6.54 Å². The molecule has 7 heteroatoms. The average molecular weight is 382 g/mol. The number of amides is 2. The molecular formula is C21H23FN4O2. The van der Waals surface area contributed by atoms with Crippen molar-refractivity contribution in [2.24, 2.45) is 11.3 Å². The predicted molar refractivity (Wildman–Crippen MR) is 102 cm³/mol. The minimum atomic E-state index is -0.469. The van der Waals surface area contributed by atoms with E-state index >= 15 is 0 Å². The average Bonchev–Trinajstić information content (AvgIpc) is 3.06. The molecule has 1 aromatic heterocycles. The van der Waals surface area contributed by atoms with Crippen molar-refractivity contribution in [1.29, 1.82) is 0 Å². The molecule has 1 aromatic carbocycles. The van der Waals surface area contributed by atoms with Crippen LogP contribution in [0.5, 0.6) is 0 Å². The van der Waals surface area contributed by atoms with Gasteiger partial charge in [-0.1, -0.05) is 30.3 Å². The van der Waals surface area contributed by atoms with E-state index in [0.717, 1.165) is 19.3 Å². The minimum absolute atomic E-state index is 0.0163. The molecule has 2 saturated heterocycles. The largest absolute Gasteiger partial charge is 0.359 e. The molecule has 2 aliphatic rings. The Hall–Kier alpha value is -2.80. The molecule has 1 atom stereocenters. The van der Waals surface area contributed by atoms with Crippen LogP contribution in [0.4, 0.5) is 4.39 Å². The van der Waals surface area contributed by atoms with Crippen LogP contribution < -0.4 is 5.32 Å². The van der Waals surface area contributed by atoms with E-state index in [0.29, 0.717) is 19.6 Å². The third-order valence-corrected chi connectivity index (χ3v) is 5.78. The van der Waals surface area contributed by atoms with Gasteiger partial charge in [0.15, 0.2) is 0 Å². The zero-order chi connectivity index (χ0) is 19.7. The summed E-state index contributed by atoms with van der Waals surface area (Å²) in [6.07, 6.45) is 1.05. The van der Waals surface area contributed by atoms with Crippen molar-refractivity contribution in [1.82, 2.24) is 20.1 Å². The first kappa shape index (κ1) is 18.6. The van der Waals surface area contributed by atoms with Crippen LogP contribution in [0.25, 0.3) is 0 Å². The van der Waals surface area contributed by atoms with Crippen LogP contribution >= 0.6 is 0 Å². The molecule has 2 aromatic rings. The summed E-state index contributed by atoms with van der Waals surface area (Å²) < 4.78 is 13.1. The van der Waals surface area contributed by atoms with Crippen LogP contribution in [0, 0.1) is 17.2 Å². The second-order valence-electron chi connectivity index (χ2n) is 7.71. The summed E-state index contributed by atoms with van der Waals surface area (Å²) >= 11 is 0. The van der Waals surface area contributed by atoms with Gasteiger partial charge in [0.25, 0.3) is 5.91 Å². The molecule has 1 spiro atoms. The smallest absolute Gasteiger partial charge is 0.272 e. The Morgan fingerprint density at radius 3 is 2.57 bits per heavy atom. The van der Waals surface area contributed by atoms with E-state index < -0.39 is 5.82 Å². The number of carbonyl (C=O) groups is 2. The van der Waals surface area contributed by atoms with Crippen molar-refractivity contribution >= 4 is 11.8 Å². The van der Waals surface area contributed by atoms with Gasteiger partial charge in [-0.05, 0) is 17.7 Å². The summed E-state index contributed by atoms with van der Waals surface area (Å²) in [5, 5.41) is 2.77. The van der Waals surface area contributed by atoms with Gasteiger partial charge in [-0.25, -0.2) is 9.37 Å². The summed E-state index contributed by atoms with van der Waals surface area (Å²) in [5.74, 6) is -0.833. The lowest BCUT2D eigenvalue weighted by molar-refractivity contribution is -0.130. The zero-order valence-corrected chi connectivity index (χ0v) is 15.8. The Morgan fingerprint density at radius 2 is 1.93 bits per heavy atom. The molecule has 6 nitrogen and oxygen atoms in total. The minimum Gasteiger partial charge on any atom is -0.359 e. The van der Waals surface area contributed by atoms with Gasteiger partial charge in [0.2, 0.25) is 5.91 Å². The molecule has 2 fully saturated rings. The lowest BCUT2D eigenvalue weighted by Gasteiger charge is -2.50. The topological polar surface area (TPSA) is 65.5 Å². The fraction of sp³-hybridized carbons (Fsp3) is 0.381. The van der Waals surface area contributed by atoms with Gasteiger partial charge in [-0.15, -0.1) is 0 Å². The molecule has 146 valence electrons. The van der Waals surface area contributed by atoms with Crippen LogP contribution in [0.3, 0.4) is 0 Å². The zero-order valence-electron chi connectivity index (χ0n) is 15.8. The number of nitrogens with one attached hydrogen (secondary N) is 1. The number of rotatable bonds is 4. The highest BCUT2D eigenvalue weighted by atomic mass is 19.1. The highest BCUT2D eigenvalue weighted by Crippen LogP contribution is 2.44. The number of aromatic nitrogens is 1. The van der Waals surface area contributed by atoms with Gasteiger partial charge in [-0.3, -0.25) is 14.5 Å². The Labute approximate surface area is 163 Å². The van der Waals surface area contributed by atoms with Gasteiger partial charge in [-0.2, -0.15) is 0 Å². The van der Waals surface area contributed by atoms with Gasteiger partial charge in [0.1, 0.15) is 11.5 Å². The fourth-order valence-corrected chi connectivity index (χ4v) is 4.41. The summed E-state index contributed by atoms with van der Waals surface area (Å²) in [6, 6.07) is 12.8. The Balaban J connectivity index is 1.47. The van der Waals surface area contributed by atoms with E-state index in [2.05, 4.69) is 27.3 Å². The third kappa shape index (κ3) is 3.38. The lowest BCUT2D eigenvalue weighted by atomic mass is 9.71. The number of likely N-dealkylation sites (tertiary alicyclic amines) is 2. The number of benzene rings is 1. The molecule has 4 rings (SSSR count). The third-order valence-electron chi connectivity index (χ3n) is 5.78. The van der Waals surface area contributed by atoms with E-state index in [-0.39, 0.29) is 28.8 Å². The Kier molecular flexibility index (Phi) is 4.85. The molecule has 0 aliphatic carbocycles. The summed E-state index contributed by atoms with van der Waals surface area (Å²) in [4.78, 5) is 33.0. The molecule has 0 radical (unpaired) electrons. The van der Waals surface area contributed by atoms with E-state index in [4.69, 9.17) is 0 Å². The van der Waals surface area contributed by atoms with Crippen LogP contribution in [0.2, 0.25) is 0 Å². The van der Waals surface area contributed by atoms with Gasteiger partial charge in [0.05, 0.1) is 12.1 Å². The molecule has 28 heavy (non-hydrogen) atoms. The normalized spacial score (nSPS) is 20.8. The van der Waals surface area contributed by atoms with Gasteiger partial charge < -0.3 is 10.2 Å². The number of hydrogen-bond acceptors (Lipinski definition) is 4. The second kappa shape index (κ2) is 7.31. The van der Waals surface area contributed by atoms with Crippen molar-refractivity contribution in [3.05, 3.63) is 65.7 Å². The monoisotopic (exact) mass is 382 g/mol. The van der Waals surface area contributed by atoms with Crippen molar-refractivity contribution in [3.8, 4) is 0 Å². The van der Waals surface area contributed by atoms with Gasteiger partial charge >= 0.3 is 0 Å².